The normalized spacial score (nSPS) is 12.0. The van der Waals surface area contributed by atoms with E-state index < -0.39 is 0 Å². The zero-order valence-electron chi connectivity index (χ0n) is 11.3. The number of hydrogen-bond donors (Lipinski definition) is 0. The van der Waals surface area contributed by atoms with E-state index in [0.717, 1.165) is 20.9 Å². The Labute approximate surface area is 140 Å². The third-order valence-corrected chi connectivity index (χ3v) is 4.23. The van der Waals surface area contributed by atoms with E-state index in [0.29, 0.717) is 0 Å². The molecular formula is C18H14S3. The van der Waals surface area contributed by atoms with Gasteiger partial charge in [0.25, 0.3) is 0 Å². The summed E-state index contributed by atoms with van der Waals surface area (Å²) in [7, 11) is 0. The molecule has 0 saturated heterocycles. The Balaban J connectivity index is 2.35. The summed E-state index contributed by atoms with van der Waals surface area (Å²) >= 11 is 11.7. The lowest BCUT2D eigenvalue weighted by atomic mass is 10.2. The summed E-state index contributed by atoms with van der Waals surface area (Å²) in [4.78, 5) is 2.22. The van der Waals surface area contributed by atoms with Crippen LogP contribution in [0.3, 0.4) is 0 Å². The molecule has 0 aliphatic carbocycles. The number of allylic oxidation sites excluding steroid dienone is 2. The smallest absolute Gasteiger partial charge is 0.0203 e. The van der Waals surface area contributed by atoms with Gasteiger partial charge in [-0.3, -0.25) is 0 Å². The number of hydrogen-bond acceptors (Lipinski definition) is 3. The van der Waals surface area contributed by atoms with Crippen LogP contribution in [0, 0.1) is 0 Å². The molecule has 0 heterocycles. The first kappa shape index (κ1) is 15.8. The third-order valence-electron chi connectivity index (χ3n) is 2.78. The van der Waals surface area contributed by atoms with E-state index in [1.54, 1.807) is 22.5 Å². The van der Waals surface area contributed by atoms with Crippen LogP contribution in [0.4, 0.5) is 0 Å². The lowest BCUT2D eigenvalue weighted by Crippen LogP contribution is -1.84. The zero-order valence-corrected chi connectivity index (χ0v) is 13.8. The van der Waals surface area contributed by atoms with Gasteiger partial charge in [-0.15, -0.1) is 0 Å². The van der Waals surface area contributed by atoms with Crippen molar-refractivity contribution in [1.82, 2.24) is 0 Å². The Kier molecular flexibility index (Phi) is 6.54. The van der Waals surface area contributed by atoms with Gasteiger partial charge in [0.15, 0.2) is 0 Å². The van der Waals surface area contributed by atoms with Crippen molar-refractivity contribution in [3.05, 3.63) is 83.9 Å². The first-order valence-corrected chi connectivity index (χ1v) is 8.20. The van der Waals surface area contributed by atoms with Gasteiger partial charge < -0.3 is 0 Å². The molecule has 104 valence electrons. The molecule has 0 aliphatic rings. The number of rotatable bonds is 6. The first-order valence-electron chi connectivity index (χ1n) is 6.45. The molecule has 0 saturated carbocycles. The highest BCUT2D eigenvalue weighted by molar-refractivity contribution is 8.16. The fraction of sp³-hybridized carbons (Fsp3) is 0. The Bertz CT molecular complexity index is 596. The molecule has 0 amide bonds. The molecule has 0 nitrogen and oxygen atoms in total. The molecule has 0 radical (unpaired) electrons. The van der Waals surface area contributed by atoms with E-state index in [1.165, 1.54) is 0 Å². The van der Waals surface area contributed by atoms with E-state index in [9.17, 15) is 0 Å². The first-order chi connectivity index (χ1) is 10.3. The molecule has 2 rings (SSSR count). The van der Waals surface area contributed by atoms with Gasteiger partial charge >= 0.3 is 0 Å². The quantitative estimate of drug-likeness (QED) is 0.486. The van der Waals surface area contributed by atoms with Crippen molar-refractivity contribution in [2.75, 3.05) is 0 Å². The minimum atomic E-state index is 1.11. The Morgan fingerprint density at radius 1 is 0.667 bits per heavy atom. The molecule has 0 fully saturated rings. The van der Waals surface area contributed by atoms with Crippen molar-refractivity contribution in [3.63, 3.8) is 0 Å². The molecule has 0 aliphatic heterocycles. The molecule has 0 spiro atoms. The van der Waals surface area contributed by atoms with Gasteiger partial charge in [0.05, 0.1) is 0 Å². The predicted molar refractivity (Wildman–Crippen MR) is 104 cm³/mol. The minimum Gasteiger partial charge on any atom is -0.0888 e. The maximum Gasteiger partial charge on any atom is 0.0203 e. The van der Waals surface area contributed by atoms with Crippen LogP contribution in [0.5, 0.6) is 0 Å². The molecule has 0 aromatic heterocycles. The van der Waals surface area contributed by atoms with Crippen LogP contribution < -0.4 is 0 Å². The summed E-state index contributed by atoms with van der Waals surface area (Å²) in [6.45, 7) is 0. The highest BCUT2D eigenvalue weighted by atomic mass is 32.2. The fourth-order valence-corrected chi connectivity index (χ4v) is 3.29. The topological polar surface area (TPSA) is 0 Å². The Morgan fingerprint density at radius 2 is 1.05 bits per heavy atom. The summed E-state index contributed by atoms with van der Waals surface area (Å²) in [5, 5.41) is 3.30. The van der Waals surface area contributed by atoms with Gasteiger partial charge in [-0.05, 0) is 23.3 Å². The minimum absolute atomic E-state index is 1.11. The van der Waals surface area contributed by atoms with Crippen molar-refractivity contribution in [1.29, 1.82) is 0 Å². The van der Waals surface area contributed by atoms with Crippen molar-refractivity contribution in [2.24, 2.45) is 0 Å². The average Bonchev–Trinajstić information content (AvgIpc) is 2.55. The molecule has 0 atom stereocenters. The molecular weight excluding hydrogens is 312 g/mol. The lowest BCUT2D eigenvalue weighted by molar-refractivity contribution is 1.65. The maximum absolute atomic E-state index is 5.00. The van der Waals surface area contributed by atoms with Crippen molar-refractivity contribution in [3.8, 4) is 0 Å². The summed E-state index contributed by atoms with van der Waals surface area (Å²) in [6.07, 6.45) is 3.91. The van der Waals surface area contributed by atoms with Crippen LogP contribution in [-0.2, 0) is 0 Å². The second-order valence-electron chi connectivity index (χ2n) is 4.17. The average molecular weight is 327 g/mol. The highest BCUT2D eigenvalue weighted by Crippen LogP contribution is 2.38. The van der Waals surface area contributed by atoms with Crippen LogP contribution in [0.15, 0.2) is 72.8 Å². The summed E-state index contributed by atoms with van der Waals surface area (Å²) < 4.78 is 0. The Morgan fingerprint density at radius 3 is 1.38 bits per heavy atom. The van der Waals surface area contributed by atoms with E-state index >= 15 is 0 Å². The van der Waals surface area contributed by atoms with Gasteiger partial charge in [-0.2, -0.15) is 0 Å². The van der Waals surface area contributed by atoms with Gasteiger partial charge in [0.2, 0.25) is 0 Å². The molecule has 0 N–H and O–H groups in total. The molecule has 2 aromatic carbocycles. The second kappa shape index (κ2) is 8.67. The fourth-order valence-electron chi connectivity index (χ4n) is 1.83. The van der Waals surface area contributed by atoms with Gasteiger partial charge in [0, 0.05) is 20.5 Å². The second-order valence-corrected chi connectivity index (χ2v) is 5.80. The van der Waals surface area contributed by atoms with Crippen LogP contribution in [0.25, 0.3) is 9.81 Å². The van der Waals surface area contributed by atoms with Crippen LogP contribution in [-0.4, -0.2) is 10.7 Å². The van der Waals surface area contributed by atoms with Crippen LogP contribution in [0.2, 0.25) is 0 Å². The van der Waals surface area contributed by atoms with Crippen LogP contribution >= 0.6 is 36.2 Å². The van der Waals surface area contributed by atoms with Gasteiger partial charge in [-0.25, -0.2) is 0 Å². The van der Waals surface area contributed by atoms with Gasteiger partial charge in [-0.1, -0.05) is 96.9 Å². The van der Waals surface area contributed by atoms with Crippen molar-refractivity contribution < 1.29 is 0 Å². The van der Waals surface area contributed by atoms with E-state index in [2.05, 4.69) is 24.3 Å². The predicted octanol–water partition coefficient (Wildman–Crippen LogP) is 5.80. The monoisotopic (exact) mass is 326 g/mol. The standard InChI is InChI=1S/C18H14S3/c19-13-11-17(15-7-3-1-4-8-15)21-18(12-14-20)16-9-5-2-6-10-16/h1-14H. The van der Waals surface area contributed by atoms with Crippen LogP contribution in [0.1, 0.15) is 11.1 Å². The van der Waals surface area contributed by atoms with E-state index in [1.807, 2.05) is 48.6 Å². The number of benzene rings is 2. The molecule has 3 heteroatoms. The zero-order chi connectivity index (χ0) is 14.9. The van der Waals surface area contributed by atoms with Crippen molar-refractivity contribution in [2.45, 2.75) is 0 Å². The molecule has 2 aromatic rings. The molecule has 0 unspecified atom stereocenters. The summed E-state index contributed by atoms with van der Waals surface area (Å²) in [5.41, 5.74) is 2.30. The molecule has 0 bridgehead atoms. The van der Waals surface area contributed by atoms with E-state index in [-0.39, 0.29) is 0 Å². The highest BCUT2D eigenvalue weighted by Gasteiger charge is 2.07. The van der Waals surface area contributed by atoms with Gasteiger partial charge in [0.1, 0.15) is 0 Å². The SMILES string of the molecule is S=CC=C(SC(=CC=S)c1ccccc1)c1ccccc1. The molecule has 21 heavy (non-hydrogen) atoms. The maximum atomic E-state index is 5.00. The summed E-state index contributed by atoms with van der Waals surface area (Å²) in [6, 6.07) is 20.4. The Hall–Kier alpha value is -1.55. The number of thiocarbonyl (C=S) groups is 2. The lowest BCUT2D eigenvalue weighted by Gasteiger charge is -2.10. The van der Waals surface area contributed by atoms with Crippen molar-refractivity contribution >= 4 is 56.7 Å². The van der Waals surface area contributed by atoms with E-state index in [4.69, 9.17) is 24.4 Å². The number of thioether (sulfide) groups is 1. The summed E-state index contributed by atoms with van der Waals surface area (Å²) in [5.74, 6) is 0. The third kappa shape index (κ3) is 4.74. The largest absolute Gasteiger partial charge is 0.0888 e.